The standard InChI is InChI=1S/C10H11ClO2S/c1-7(3-2-4-10(12)13)8-5-6-9(11)14-8/h3,5-6H,2,4H2,1H3,(H,12,13)/b7-3+. The van der Waals surface area contributed by atoms with E-state index in [4.69, 9.17) is 16.7 Å². The minimum atomic E-state index is -0.765. The van der Waals surface area contributed by atoms with Gasteiger partial charge in [0, 0.05) is 11.3 Å². The van der Waals surface area contributed by atoms with Crippen LogP contribution < -0.4 is 0 Å². The van der Waals surface area contributed by atoms with E-state index < -0.39 is 5.97 Å². The molecule has 0 spiro atoms. The van der Waals surface area contributed by atoms with Crippen LogP contribution >= 0.6 is 22.9 Å². The molecule has 0 saturated carbocycles. The molecule has 0 aliphatic heterocycles. The van der Waals surface area contributed by atoms with Crippen molar-refractivity contribution in [3.05, 3.63) is 27.4 Å². The molecule has 1 aromatic heterocycles. The minimum absolute atomic E-state index is 0.177. The Bertz CT molecular complexity index is 355. The van der Waals surface area contributed by atoms with Gasteiger partial charge in [0.1, 0.15) is 0 Å². The van der Waals surface area contributed by atoms with Crippen LogP contribution in [0.2, 0.25) is 4.34 Å². The van der Waals surface area contributed by atoms with Crippen LogP contribution in [0.1, 0.15) is 24.6 Å². The summed E-state index contributed by atoms with van der Waals surface area (Å²) in [6.07, 6.45) is 2.67. The third kappa shape index (κ3) is 3.52. The number of carboxylic acid groups (broad SMARTS) is 1. The fourth-order valence-corrected chi connectivity index (χ4v) is 2.08. The van der Waals surface area contributed by atoms with Gasteiger partial charge in [-0.25, -0.2) is 0 Å². The molecule has 0 unspecified atom stereocenters. The molecular formula is C10H11ClO2S. The fraction of sp³-hybridized carbons (Fsp3) is 0.300. The molecule has 76 valence electrons. The number of halogens is 1. The molecule has 0 fully saturated rings. The van der Waals surface area contributed by atoms with Gasteiger partial charge >= 0.3 is 5.97 Å². The number of carbonyl (C=O) groups is 1. The Morgan fingerprint density at radius 2 is 2.36 bits per heavy atom. The lowest BCUT2D eigenvalue weighted by Crippen LogP contribution is -1.91. The van der Waals surface area contributed by atoms with E-state index in [0.29, 0.717) is 6.42 Å². The molecule has 4 heteroatoms. The van der Waals surface area contributed by atoms with Gasteiger partial charge in [-0.15, -0.1) is 11.3 Å². The SMILES string of the molecule is C/C(=C\CCC(=O)O)c1ccc(Cl)s1. The van der Waals surface area contributed by atoms with E-state index in [-0.39, 0.29) is 6.42 Å². The summed E-state index contributed by atoms with van der Waals surface area (Å²) in [6.45, 7) is 1.96. The maximum Gasteiger partial charge on any atom is 0.303 e. The number of allylic oxidation sites excluding steroid dienone is 2. The molecule has 0 saturated heterocycles. The quantitative estimate of drug-likeness (QED) is 0.857. The summed E-state index contributed by atoms with van der Waals surface area (Å²) in [5, 5.41) is 8.45. The lowest BCUT2D eigenvalue weighted by Gasteiger charge is -1.95. The summed E-state index contributed by atoms with van der Waals surface area (Å²) < 4.78 is 0.756. The molecule has 1 aromatic rings. The first-order chi connectivity index (χ1) is 6.59. The van der Waals surface area contributed by atoms with Gasteiger partial charge in [0.15, 0.2) is 0 Å². The first-order valence-electron chi connectivity index (χ1n) is 4.24. The van der Waals surface area contributed by atoms with E-state index in [9.17, 15) is 4.79 Å². The Balaban J connectivity index is 2.56. The van der Waals surface area contributed by atoms with Crippen LogP contribution in [0.3, 0.4) is 0 Å². The van der Waals surface area contributed by atoms with Crippen molar-refractivity contribution in [1.82, 2.24) is 0 Å². The number of rotatable bonds is 4. The third-order valence-electron chi connectivity index (χ3n) is 1.77. The third-order valence-corrected chi connectivity index (χ3v) is 3.14. The molecule has 2 nitrogen and oxygen atoms in total. The van der Waals surface area contributed by atoms with Crippen LogP contribution in [-0.2, 0) is 4.79 Å². The van der Waals surface area contributed by atoms with Gasteiger partial charge in [-0.05, 0) is 31.1 Å². The summed E-state index contributed by atoms with van der Waals surface area (Å²) in [7, 11) is 0. The fourth-order valence-electron chi connectivity index (χ4n) is 1.04. The monoisotopic (exact) mass is 230 g/mol. The van der Waals surface area contributed by atoms with Gasteiger partial charge in [-0.1, -0.05) is 17.7 Å². The first kappa shape index (κ1) is 11.3. The number of hydrogen-bond donors (Lipinski definition) is 1. The molecule has 0 aliphatic rings. The highest BCUT2D eigenvalue weighted by Gasteiger charge is 2.00. The van der Waals surface area contributed by atoms with Gasteiger partial charge in [0.25, 0.3) is 0 Å². The molecule has 1 N–H and O–H groups in total. The number of hydrogen-bond acceptors (Lipinski definition) is 2. The van der Waals surface area contributed by atoms with Crippen molar-refractivity contribution in [3.8, 4) is 0 Å². The zero-order valence-electron chi connectivity index (χ0n) is 7.79. The summed E-state index contributed by atoms with van der Waals surface area (Å²) in [6, 6.07) is 3.79. The summed E-state index contributed by atoms with van der Waals surface area (Å²) in [5.41, 5.74) is 1.09. The topological polar surface area (TPSA) is 37.3 Å². The van der Waals surface area contributed by atoms with Crippen molar-refractivity contribution in [1.29, 1.82) is 0 Å². The predicted molar refractivity (Wildman–Crippen MR) is 59.8 cm³/mol. The van der Waals surface area contributed by atoms with Gasteiger partial charge < -0.3 is 5.11 Å². The maximum absolute atomic E-state index is 10.3. The average molecular weight is 231 g/mol. The van der Waals surface area contributed by atoms with Gasteiger partial charge in [0.05, 0.1) is 4.34 Å². The second kappa shape index (κ2) is 5.17. The van der Waals surface area contributed by atoms with Gasteiger partial charge in [0.2, 0.25) is 0 Å². The van der Waals surface area contributed by atoms with E-state index in [1.807, 2.05) is 25.1 Å². The van der Waals surface area contributed by atoms with Gasteiger partial charge in [-0.3, -0.25) is 4.79 Å². The Hall–Kier alpha value is -0.800. The molecule has 1 rings (SSSR count). The van der Waals surface area contributed by atoms with Crippen LogP contribution in [0.15, 0.2) is 18.2 Å². The smallest absolute Gasteiger partial charge is 0.303 e. The molecule has 0 bridgehead atoms. The zero-order valence-corrected chi connectivity index (χ0v) is 9.36. The summed E-state index contributed by atoms with van der Waals surface area (Å²) >= 11 is 7.29. The van der Waals surface area contributed by atoms with Crippen molar-refractivity contribution in [2.45, 2.75) is 19.8 Å². The van der Waals surface area contributed by atoms with E-state index >= 15 is 0 Å². The van der Waals surface area contributed by atoms with Crippen LogP contribution in [0.4, 0.5) is 0 Å². The van der Waals surface area contributed by atoms with E-state index in [0.717, 1.165) is 14.8 Å². The highest BCUT2D eigenvalue weighted by Crippen LogP contribution is 2.27. The van der Waals surface area contributed by atoms with Gasteiger partial charge in [-0.2, -0.15) is 0 Å². The summed E-state index contributed by atoms with van der Waals surface area (Å²) in [4.78, 5) is 11.4. The predicted octanol–water partition coefficient (Wildman–Crippen LogP) is 3.67. The second-order valence-electron chi connectivity index (χ2n) is 2.92. The van der Waals surface area contributed by atoms with Crippen LogP contribution in [-0.4, -0.2) is 11.1 Å². The maximum atomic E-state index is 10.3. The van der Waals surface area contributed by atoms with E-state index in [2.05, 4.69) is 0 Å². The lowest BCUT2D eigenvalue weighted by atomic mass is 10.2. The zero-order chi connectivity index (χ0) is 10.6. The lowest BCUT2D eigenvalue weighted by molar-refractivity contribution is -0.136. The number of carboxylic acids is 1. The second-order valence-corrected chi connectivity index (χ2v) is 4.64. The molecule has 0 atom stereocenters. The van der Waals surface area contributed by atoms with Crippen LogP contribution in [0.25, 0.3) is 5.57 Å². The highest BCUT2D eigenvalue weighted by atomic mass is 35.5. The van der Waals surface area contributed by atoms with Crippen molar-refractivity contribution < 1.29 is 9.90 Å². The molecule has 0 radical (unpaired) electrons. The average Bonchev–Trinajstić information content (AvgIpc) is 2.51. The minimum Gasteiger partial charge on any atom is -0.481 e. The highest BCUT2D eigenvalue weighted by molar-refractivity contribution is 7.17. The first-order valence-corrected chi connectivity index (χ1v) is 5.43. The molecule has 0 amide bonds. The molecular weight excluding hydrogens is 220 g/mol. The van der Waals surface area contributed by atoms with Crippen LogP contribution in [0, 0.1) is 0 Å². The Kier molecular flexibility index (Phi) is 4.17. The van der Waals surface area contributed by atoms with Crippen molar-refractivity contribution in [3.63, 3.8) is 0 Å². The normalized spacial score (nSPS) is 11.7. The molecule has 0 aliphatic carbocycles. The van der Waals surface area contributed by atoms with Crippen LogP contribution in [0.5, 0.6) is 0 Å². The number of thiophene rings is 1. The van der Waals surface area contributed by atoms with Crippen molar-refractivity contribution in [2.75, 3.05) is 0 Å². The van der Waals surface area contributed by atoms with Crippen molar-refractivity contribution >= 4 is 34.5 Å². The van der Waals surface area contributed by atoms with E-state index in [1.165, 1.54) is 11.3 Å². The molecule has 1 heterocycles. The Morgan fingerprint density at radius 1 is 1.64 bits per heavy atom. The van der Waals surface area contributed by atoms with E-state index in [1.54, 1.807) is 0 Å². The number of aliphatic carboxylic acids is 1. The largest absolute Gasteiger partial charge is 0.481 e. The molecule has 0 aromatic carbocycles. The Labute approximate surface area is 91.8 Å². The molecule has 14 heavy (non-hydrogen) atoms. The van der Waals surface area contributed by atoms with Crippen molar-refractivity contribution in [2.24, 2.45) is 0 Å². The Morgan fingerprint density at radius 3 is 2.86 bits per heavy atom. The summed E-state index contributed by atoms with van der Waals surface area (Å²) in [5.74, 6) is -0.765.